The molecule has 6 heteroatoms. The summed E-state index contributed by atoms with van der Waals surface area (Å²) in [6.07, 6.45) is 11.5. The minimum Gasteiger partial charge on any atom is -0.457 e. The molecule has 0 saturated heterocycles. The van der Waals surface area contributed by atoms with Crippen LogP contribution in [0.5, 0.6) is 11.5 Å². The van der Waals surface area contributed by atoms with E-state index in [0.717, 1.165) is 23.9 Å². The summed E-state index contributed by atoms with van der Waals surface area (Å²) in [5.41, 5.74) is 3.71. The first kappa shape index (κ1) is 19.5. The highest BCUT2D eigenvalue weighted by molar-refractivity contribution is 5.96. The molecule has 0 radical (unpaired) electrons. The number of hydrogen-bond acceptors (Lipinski definition) is 4. The van der Waals surface area contributed by atoms with Crippen molar-refractivity contribution in [3.05, 3.63) is 101 Å². The average Bonchev–Trinajstić information content (AvgIpc) is 3.29. The molecule has 5 nitrogen and oxygen atoms in total. The number of hydrogen-bond donors (Lipinski definition) is 1. The molecule has 0 aliphatic heterocycles. The number of ether oxygens (including phenoxy) is 1. The summed E-state index contributed by atoms with van der Waals surface area (Å²) in [6.45, 7) is 2.02. The standard InChI is InChI=1S/C24H20FN3O2/c1-16-21(24(29)28-14-17-11-19(25)15-26-13-17)7-4-8-23(16)30-20-9-10-27-22(12-20)18-5-2-3-6-18/h2,4-13,15H,3,14H2,1H3,(H,28,29). The molecule has 1 N–H and O–H groups in total. The number of pyridine rings is 2. The summed E-state index contributed by atoms with van der Waals surface area (Å²) < 4.78 is 19.3. The largest absolute Gasteiger partial charge is 0.457 e. The predicted octanol–water partition coefficient (Wildman–Crippen LogP) is 4.99. The lowest BCUT2D eigenvalue weighted by molar-refractivity contribution is 0.0950. The molecule has 1 aliphatic carbocycles. The molecule has 30 heavy (non-hydrogen) atoms. The van der Waals surface area contributed by atoms with Gasteiger partial charge in [-0.2, -0.15) is 0 Å². The van der Waals surface area contributed by atoms with Crippen molar-refractivity contribution in [1.29, 1.82) is 0 Å². The molecule has 1 aromatic carbocycles. The van der Waals surface area contributed by atoms with Gasteiger partial charge >= 0.3 is 0 Å². The summed E-state index contributed by atoms with van der Waals surface area (Å²) in [5.74, 6) is 0.531. The van der Waals surface area contributed by atoms with Gasteiger partial charge in [-0.1, -0.05) is 24.3 Å². The van der Waals surface area contributed by atoms with E-state index in [9.17, 15) is 9.18 Å². The van der Waals surface area contributed by atoms with Gasteiger partial charge in [-0.15, -0.1) is 0 Å². The highest BCUT2D eigenvalue weighted by Gasteiger charge is 2.14. The Morgan fingerprint density at radius 2 is 2.13 bits per heavy atom. The zero-order valence-corrected chi connectivity index (χ0v) is 16.4. The number of nitrogens with zero attached hydrogens (tertiary/aromatic N) is 2. The maximum absolute atomic E-state index is 13.3. The second kappa shape index (κ2) is 8.69. The zero-order valence-electron chi connectivity index (χ0n) is 16.4. The molecule has 0 unspecified atom stereocenters. The normalized spacial score (nSPS) is 12.5. The second-order valence-corrected chi connectivity index (χ2v) is 6.90. The van der Waals surface area contributed by atoms with Crippen LogP contribution in [-0.4, -0.2) is 15.9 Å². The fraction of sp³-hybridized carbons (Fsp3) is 0.125. The number of allylic oxidation sites excluding steroid dienone is 4. The predicted molar refractivity (Wildman–Crippen MR) is 113 cm³/mol. The van der Waals surface area contributed by atoms with Gasteiger partial charge in [0, 0.05) is 36.1 Å². The number of nitrogens with one attached hydrogen (secondary N) is 1. The van der Waals surface area contributed by atoms with Crippen LogP contribution in [0, 0.1) is 12.7 Å². The van der Waals surface area contributed by atoms with Crippen molar-refractivity contribution in [2.75, 3.05) is 0 Å². The Morgan fingerprint density at radius 3 is 2.93 bits per heavy atom. The number of amides is 1. The number of carbonyl (C=O) groups excluding carboxylic acids is 1. The second-order valence-electron chi connectivity index (χ2n) is 6.90. The Balaban J connectivity index is 1.49. The maximum Gasteiger partial charge on any atom is 0.251 e. The smallest absolute Gasteiger partial charge is 0.251 e. The molecular weight excluding hydrogens is 381 g/mol. The third-order valence-corrected chi connectivity index (χ3v) is 4.77. The van der Waals surface area contributed by atoms with Gasteiger partial charge in [-0.3, -0.25) is 14.8 Å². The summed E-state index contributed by atoms with van der Waals surface area (Å²) in [7, 11) is 0. The van der Waals surface area contributed by atoms with Crippen LogP contribution in [0.2, 0.25) is 0 Å². The number of carbonyl (C=O) groups is 1. The van der Waals surface area contributed by atoms with Gasteiger partial charge in [0.05, 0.1) is 11.9 Å². The van der Waals surface area contributed by atoms with Crippen LogP contribution in [0.1, 0.15) is 33.6 Å². The van der Waals surface area contributed by atoms with E-state index in [4.69, 9.17) is 4.74 Å². The summed E-state index contributed by atoms with van der Waals surface area (Å²) in [6, 6.07) is 10.3. The number of halogens is 1. The Hall–Kier alpha value is -3.80. The Bertz CT molecular complexity index is 1150. The summed E-state index contributed by atoms with van der Waals surface area (Å²) in [5, 5.41) is 2.79. The monoisotopic (exact) mass is 401 g/mol. The lowest BCUT2D eigenvalue weighted by Gasteiger charge is -2.13. The van der Waals surface area contributed by atoms with Gasteiger partial charge in [0.15, 0.2) is 0 Å². The van der Waals surface area contributed by atoms with Crippen LogP contribution < -0.4 is 10.1 Å². The number of benzene rings is 1. The molecule has 3 aromatic rings. The van der Waals surface area contributed by atoms with Crippen molar-refractivity contribution >= 4 is 11.5 Å². The van der Waals surface area contributed by atoms with Crippen molar-refractivity contribution in [1.82, 2.24) is 15.3 Å². The fourth-order valence-electron chi connectivity index (χ4n) is 3.21. The van der Waals surface area contributed by atoms with Crippen LogP contribution in [0.3, 0.4) is 0 Å². The van der Waals surface area contributed by atoms with Gasteiger partial charge in [0.1, 0.15) is 17.3 Å². The van der Waals surface area contributed by atoms with E-state index < -0.39 is 5.82 Å². The van der Waals surface area contributed by atoms with E-state index in [1.54, 1.807) is 24.4 Å². The number of aromatic nitrogens is 2. The minimum atomic E-state index is -0.436. The van der Waals surface area contributed by atoms with Gasteiger partial charge in [-0.25, -0.2) is 4.39 Å². The van der Waals surface area contributed by atoms with E-state index in [0.29, 0.717) is 28.2 Å². The van der Waals surface area contributed by atoms with E-state index in [1.165, 1.54) is 12.3 Å². The molecule has 1 amide bonds. The first-order chi connectivity index (χ1) is 14.6. The first-order valence-electron chi connectivity index (χ1n) is 9.58. The van der Waals surface area contributed by atoms with Crippen LogP contribution in [0.15, 0.2) is 73.2 Å². The van der Waals surface area contributed by atoms with E-state index in [1.807, 2.05) is 25.1 Å². The van der Waals surface area contributed by atoms with Crippen LogP contribution in [-0.2, 0) is 6.54 Å². The topological polar surface area (TPSA) is 64.1 Å². The van der Waals surface area contributed by atoms with Crippen molar-refractivity contribution < 1.29 is 13.9 Å². The molecule has 2 aromatic heterocycles. The van der Waals surface area contributed by atoms with Gasteiger partial charge in [0.2, 0.25) is 0 Å². The molecule has 1 aliphatic rings. The van der Waals surface area contributed by atoms with Crippen LogP contribution >= 0.6 is 0 Å². The lowest BCUT2D eigenvalue weighted by Crippen LogP contribution is -2.23. The third-order valence-electron chi connectivity index (χ3n) is 4.77. The molecule has 0 atom stereocenters. The van der Waals surface area contributed by atoms with Crippen molar-refractivity contribution in [3.63, 3.8) is 0 Å². The molecule has 0 bridgehead atoms. The Morgan fingerprint density at radius 1 is 1.23 bits per heavy atom. The molecule has 2 heterocycles. The highest BCUT2D eigenvalue weighted by atomic mass is 19.1. The summed E-state index contributed by atoms with van der Waals surface area (Å²) in [4.78, 5) is 20.8. The first-order valence-corrected chi connectivity index (χ1v) is 9.58. The Labute approximate surface area is 174 Å². The van der Waals surface area contributed by atoms with Crippen molar-refractivity contribution in [2.24, 2.45) is 0 Å². The quantitative estimate of drug-likeness (QED) is 0.632. The van der Waals surface area contributed by atoms with E-state index in [2.05, 4.69) is 27.4 Å². The van der Waals surface area contributed by atoms with Crippen LogP contribution in [0.25, 0.3) is 5.57 Å². The zero-order chi connectivity index (χ0) is 20.9. The lowest BCUT2D eigenvalue weighted by atomic mass is 10.1. The van der Waals surface area contributed by atoms with Crippen molar-refractivity contribution in [2.45, 2.75) is 19.9 Å². The average molecular weight is 401 g/mol. The maximum atomic E-state index is 13.3. The van der Waals surface area contributed by atoms with Gasteiger partial charge in [-0.05, 0) is 48.7 Å². The molecule has 4 rings (SSSR count). The van der Waals surface area contributed by atoms with Crippen molar-refractivity contribution in [3.8, 4) is 11.5 Å². The number of rotatable bonds is 6. The SMILES string of the molecule is Cc1c(Oc2ccnc(C3=CCC=C3)c2)cccc1C(=O)NCc1cncc(F)c1. The minimum absolute atomic E-state index is 0.185. The Kier molecular flexibility index (Phi) is 5.66. The molecule has 0 saturated carbocycles. The fourth-order valence-corrected chi connectivity index (χ4v) is 3.21. The molecule has 0 fully saturated rings. The van der Waals surface area contributed by atoms with Gasteiger partial charge in [0.25, 0.3) is 5.91 Å². The van der Waals surface area contributed by atoms with Crippen LogP contribution in [0.4, 0.5) is 4.39 Å². The molecule has 0 spiro atoms. The summed E-state index contributed by atoms with van der Waals surface area (Å²) >= 11 is 0. The highest BCUT2D eigenvalue weighted by Crippen LogP contribution is 2.29. The van der Waals surface area contributed by atoms with Gasteiger partial charge < -0.3 is 10.1 Å². The van der Waals surface area contributed by atoms with E-state index in [-0.39, 0.29) is 12.5 Å². The van der Waals surface area contributed by atoms with E-state index >= 15 is 0 Å². The molecular formula is C24H20FN3O2. The third kappa shape index (κ3) is 4.43. The molecule has 150 valence electrons.